The summed E-state index contributed by atoms with van der Waals surface area (Å²) < 4.78 is 13.5. The van der Waals surface area contributed by atoms with Gasteiger partial charge < -0.3 is 4.90 Å². The standard InChI is InChI=1S/C12H11FN2/c1-15(10-6-8-14-9-7-10)12-5-3-2-4-11(12)13/h2-9H,1H3. The molecule has 0 saturated heterocycles. The van der Waals surface area contributed by atoms with Gasteiger partial charge in [0.25, 0.3) is 0 Å². The van der Waals surface area contributed by atoms with E-state index >= 15 is 0 Å². The zero-order chi connectivity index (χ0) is 10.7. The smallest absolute Gasteiger partial charge is 0.146 e. The fourth-order valence-corrected chi connectivity index (χ4v) is 1.43. The number of benzene rings is 1. The second-order valence-electron chi connectivity index (χ2n) is 3.22. The van der Waals surface area contributed by atoms with E-state index in [9.17, 15) is 4.39 Å². The van der Waals surface area contributed by atoms with E-state index in [4.69, 9.17) is 0 Å². The predicted molar refractivity (Wildman–Crippen MR) is 58.7 cm³/mol. The highest BCUT2D eigenvalue weighted by Crippen LogP contribution is 2.24. The fraction of sp³-hybridized carbons (Fsp3) is 0.0833. The van der Waals surface area contributed by atoms with Crippen LogP contribution in [0.1, 0.15) is 0 Å². The van der Waals surface area contributed by atoms with Crippen LogP contribution in [0.4, 0.5) is 15.8 Å². The first-order chi connectivity index (χ1) is 7.29. The van der Waals surface area contributed by atoms with E-state index in [0.717, 1.165) is 5.69 Å². The van der Waals surface area contributed by atoms with E-state index in [0.29, 0.717) is 5.69 Å². The van der Waals surface area contributed by atoms with Crippen LogP contribution in [0.25, 0.3) is 0 Å². The zero-order valence-corrected chi connectivity index (χ0v) is 8.39. The predicted octanol–water partition coefficient (Wildman–Crippen LogP) is 2.99. The van der Waals surface area contributed by atoms with Crippen molar-refractivity contribution in [2.24, 2.45) is 0 Å². The normalized spacial score (nSPS) is 10.0. The Morgan fingerprint density at radius 1 is 1.07 bits per heavy atom. The van der Waals surface area contributed by atoms with Crippen molar-refractivity contribution in [3.05, 3.63) is 54.6 Å². The molecule has 1 aromatic heterocycles. The Morgan fingerprint density at radius 2 is 1.73 bits per heavy atom. The van der Waals surface area contributed by atoms with Gasteiger partial charge in [-0.3, -0.25) is 4.98 Å². The molecule has 1 heterocycles. The molecule has 2 aromatic rings. The number of halogens is 1. The van der Waals surface area contributed by atoms with Gasteiger partial charge in [0.2, 0.25) is 0 Å². The van der Waals surface area contributed by atoms with Gasteiger partial charge in [0.05, 0.1) is 5.69 Å². The summed E-state index contributed by atoms with van der Waals surface area (Å²) >= 11 is 0. The number of aromatic nitrogens is 1. The number of anilines is 2. The summed E-state index contributed by atoms with van der Waals surface area (Å²) in [4.78, 5) is 5.71. The Labute approximate surface area is 88.0 Å². The van der Waals surface area contributed by atoms with Crippen molar-refractivity contribution in [3.63, 3.8) is 0 Å². The lowest BCUT2D eigenvalue weighted by Crippen LogP contribution is -2.10. The minimum atomic E-state index is -0.225. The Balaban J connectivity index is 2.37. The number of nitrogens with zero attached hydrogens (tertiary/aromatic N) is 2. The largest absolute Gasteiger partial charge is 0.342 e. The summed E-state index contributed by atoms with van der Waals surface area (Å²) in [6.45, 7) is 0. The zero-order valence-electron chi connectivity index (χ0n) is 8.39. The van der Waals surface area contributed by atoms with Gasteiger partial charge in [-0.05, 0) is 24.3 Å². The average molecular weight is 202 g/mol. The number of rotatable bonds is 2. The van der Waals surface area contributed by atoms with Gasteiger partial charge in [0, 0.05) is 25.1 Å². The second-order valence-corrected chi connectivity index (χ2v) is 3.22. The van der Waals surface area contributed by atoms with Crippen molar-refractivity contribution in [2.75, 3.05) is 11.9 Å². The van der Waals surface area contributed by atoms with E-state index in [1.54, 1.807) is 29.4 Å². The fourth-order valence-electron chi connectivity index (χ4n) is 1.43. The Bertz CT molecular complexity index is 442. The summed E-state index contributed by atoms with van der Waals surface area (Å²) in [6.07, 6.45) is 3.37. The maximum absolute atomic E-state index is 13.5. The van der Waals surface area contributed by atoms with Gasteiger partial charge >= 0.3 is 0 Å². The number of para-hydroxylation sites is 1. The lowest BCUT2D eigenvalue weighted by atomic mass is 10.2. The minimum Gasteiger partial charge on any atom is -0.342 e. The van der Waals surface area contributed by atoms with Crippen molar-refractivity contribution in [3.8, 4) is 0 Å². The van der Waals surface area contributed by atoms with Crippen LogP contribution < -0.4 is 4.90 Å². The Hall–Kier alpha value is -1.90. The van der Waals surface area contributed by atoms with E-state index < -0.39 is 0 Å². The van der Waals surface area contributed by atoms with Crippen LogP contribution in [0.15, 0.2) is 48.8 Å². The average Bonchev–Trinajstić information content (AvgIpc) is 2.30. The van der Waals surface area contributed by atoms with Crippen LogP contribution in [-0.4, -0.2) is 12.0 Å². The van der Waals surface area contributed by atoms with E-state index in [-0.39, 0.29) is 5.82 Å². The van der Waals surface area contributed by atoms with Crippen molar-refractivity contribution in [2.45, 2.75) is 0 Å². The SMILES string of the molecule is CN(c1ccncc1)c1ccccc1F. The lowest BCUT2D eigenvalue weighted by Gasteiger charge is -2.19. The summed E-state index contributed by atoms with van der Waals surface area (Å²) in [6, 6.07) is 10.4. The molecule has 3 heteroatoms. The van der Waals surface area contributed by atoms with Crippen LogP contribution in [0.3, 0.4) is 0 Å². The summed E-state index contributed by atoms with van der Waals surface area (Å²) in [5, 5.41) is 0. The molecule has 1 aromatic carbocycles. The molecule has 0 unspecified atom stereocenters. The highest BCUT2D eigenvalue weighted by Gasteiger charge is 2.07. The summed E-state index contributed by atoms with van der Waals surface area (Å²) in [5.74, 6) is -0.225. The van der Waals surface area contributed by atoms with Crippen molar-refractivity contribution in [1.82, 2.24) is 4.98 Å². The first-order valence-electron chi connectivity index (χ1n) is 4.67. The van der Waals surface area contributed by atoms with Crippen LogP contribution in [0, 0.1) is 5.82 Å². The van der Waals surface area contributed by atoms with Crippen LogP contribution in [0.5, 0.6) is 0 Å². The number of hydrogen-bond acceptors (Lipinski definition) is 2. The molecule has 0 fully saturated rings. The van der Waals surface area contributed by atoms with Crippen LogP contribution in [0.2, 0.25) is 0 Å². The van der Waals surface area contributed by atoms with Gasteiger partial charge in [-0.15, -0.1) is 0 Å². The second kappa shape index (κ2) is 4.09. The minimum absolute atomic E-state index is 0.225. The van der Waals surface area contributed by atoms with E-state index in [1.807, 2.05) is 25.2 Å². The molecule has 0 amide bonds. The highest BCUT2D eigenvalue weighted by molar-refractivity contribution is 5.62. The van der Waals surface area contributed by atoms with E-state index in [2.05, 4.69) is 4.98 Å². The third-order valence-electron chi connectivity index (χ3n) is 2.26. The summed E-state index contributed by atoms with van der Waals surface area (Å²) in [5.41, 5.74) is 1.47. The molecule has 0 aliphatic carbocycles. The number of pyridine rings is 1. The molecule has 0 aliphatic heterocycles. The van der Waals surface area contributed by atoms with Crippen molar-refractivity contribution < 1.29 is 4.39 Å². The third-order valence-corrected chi connectivity index (χ3v) is 2.26. The molecule has 0 aliphatic rings. The third kappa shape index (κ3) is 1.96. The van der Waals surface area contributed by atoms with Gasteiger partial charge in [-0.2, -0.15) is 0 Å². The first kappa shape index (κ1) is 9.65. The highest BCUT2D eigenvalue weighted by atomic mass is 19.1. The molecule has 2 rings (SSSR count). The topological polar surface area (TPSA) is 16.1 Å². The van der Waals surface area contributed by atoms with Gasteiger partial charge in [-0.25, -0.2) is 4.39 Å². The first-order valence-corrected chi connectivity index (χ1v) is 4.67. The lowest BCUT2D eigenvalue weighted by molar-refractivity contribution is 0.627. The molecular weight excluding hydrogens is 191 g/mol. The van der Waals surface area contributed by atoms with Gasteiger partial charge in [0.15, 0.2) is 0 Å². The molecule has 2 nitrogen and oxygen atoms in total. The molecule has 0 saturated carbocycles. The van der Waals surface area contributed by atoms with Crippen LogP contribution >= 0.6 is 0 Å². The van der Waals surface area contributed by atoms with Crippen molar-refractivity contribution in [1.29, 1.82) is 0 Å². The molecule has 15 heavy (non-hydrogen) atoms. The monoisotopic (exact) mass is 202 g/mol. The Morgan fingerprint density at radius 3 is 2.40 bits per heavy atom. The summed E-state index contributed by atoms with van der Waals surface area (Å²) in [7, 11) is 1.83. The molecule has 0 spiro atoms. The quantitative estimate of drug-likeness (QED) is 0.744. The maximum atomic E-state index is 13.5. The molecule has 0 bridgehead atoms. The maximum Gasteiger partial charge on any atom is 0.146 e. The van der Waals surface area contributed by atoms with E-state index in [1.165, 1.54) is 6.07 Å². The molecular formula is C12H11FN2. The molecule has 0 atom stereocenters. The number of hydrogen-bond donors (Lipinski definition) is 0. The van der Waals surface area contributed by atoms with Crippen LogP contribution in [-0.2, 0) is 0 Å². The Kier molecular flexibility index (Phi) is 2.63. The molecule has 76 valence electrons. The molecule has 0 N–H and O–H groups in total. The molecule has 0 radical (unpaired) electrons. The van der Waals surface area contributed by atoms with Gasteiger partial charge in [0.1, 0.15) is 5.82 Å². The van der Waals surface area contributed by atoms with Crippen molar-refractivity contribution >= 4 is 11.4 Å². The van der Waals surface area contributed by atoms with Gasteiger partial charge in [-0.1, -0.05) is 12.1 Å².